The first kappa shape index (κ1) is 16.5. The summed E-state index contributed by atoms with van der Waals surface area (Å²) in [6, 6.07) is 1.03. The molecule has 0 amide bonds. The molecule has 0 aliphatic rings. The molecule has 6 heteroatoms. The fourth-order valence-electron chi connectivity index (χ4n) is 0.850. The Labute approximate surface area is 105 Å². The molecule has 0 fully saturated rings. The van der Waals surface area contributed by atoms with Crippen LogP contribution in [0.25, 0.3) is 0 Å². The van der Waals surface area contributed by atoms with Crippen LogP contribution >= 0.6 is 0 Å². The molecular formula is C10H26O3Si3. The highest BCUT2D eigenvalue weighted by Crippen LogP contribution is 2.12. The summed E-state index contributed by atoms with van der Waals surface area (Å²) in [6.45, 7) is 15.9. The van der Waals surface area contributed by atoms with Crippen LogP contribution in [-0.4, -0.2) is 39.4 Å². The first-order valence-corrected chi connectivity index (χ1v) is 13.2. The van der Waals surface area contributed by atoms with Crippen LogP contribution < -0.4 is 0 Å². The highest BCUT2D eigenvalue weighted by molar-refractivity contribution is 6.77. The minimum absolute atomic E-state index is 0.209. The van der Waals surface area contributed by atoms with Crippen LogP contribution in [0, 0.1) is 0 Å². The Morgan fingerprint density at radius 2 is 1.56 bits per heavy atom. The van der Waals surface area contributed by atoms with E-state index in [0.717, 1.165) is 12.7 Å². The normalized spacial score (nSPS) is 13.5. The molecule has 0 aliphatic heterocycles. The zero-order chi connectivity index (χ0) is 12.8. The van der Waals surface area contributed by atoms with E-state index < -0.39 is 16.6 Å². The molecule has 2 radical (unpaired) electrons. The van der Waals surface area contributed by atoms with Crippen molar-refractivity contribution >= 4 is 26.6 Å². The predicted octanol–water partition coefficient (Wildman–Crippen LogP) is 3.02. The molecule has 0 spiro atoms. The quantitative estimate of drug-likeness (QED) is 0.639. The van der Waals surface area contributed by atoms with Gasteiger partial charge in [0.2, 0.25) is 0 Å². The van der Waals surface area contributed by atoms with Crippen molar-refractivity contribution in [3.8, 4) is 0 Å². The molecule has 3 nitrogen and oxygen atoms in total. The highest BCUT2D eigenvalue weighted by atomic mass is 28.4. The molecule has 0 bridgehead atoms. The molecule has 96 valence electrons. The fraction of sp³-hybridized carbons (Fsp3) is 1.00. The molecule has 16 heavy (non-hydrogen) atoms. The summed E-state index contributed by atoms with van der Waals surface area (Å²) in [4.78, 5) is 0. The van der Waals surface area contributed by atoms with Crippen LogP contribution in [-0.2, 0) is 13.0 Å². The summed E-state index contributed by atoms with van der Waals surface area (Å²) >= 11 is 0. The van der Waals surface area contributed by atoms with E-state index in [1.165, 1.54) is 0 Å². The van der Waals surface area contributed by atoms with Crippen molar-refractivity contribution in [3.63, 3.8) is 0 Å². The van der Waals surface area contributed by atoms with Crippen molar-refractivity contribution < 1.29 is 13.0 Å². The first-order chi connectivity index (χ1) is 7.12. The molecule has 0 saturated heterocycles. The fourth-order valence-corrected chi connectivity index (χ4v) is 4.31. The molecular weight excluding hydrogens is 252 g/mol. The van der Waals surface area contributed by atoms with Crippen molar-refractivity contribution in [1.82, 2.24) is 0 Å². The van der Waals surface area contributed by atoms with Gasteiger partial charge in [-0.15, -0.1) is 0 Å². The Bertz CT molecular complexity index is 190. The lowest BCUT2D eigenvalue weighted by Crippen LogP contribution is -2.38. The summed E-state index contributed by atoms with van der Waals surface area (Å²) < 4.78 is 17.2. The van der Waals surface area contributed by atoms with Gasteiger partial charge in [0.05, 0.1) is 6.10 Å². The summed E-state index contributed by atoms with van der Waals surface area (Å²) in [5.41, 5.74) is 0. The van der Waals surface area contributed by atoms with Crippen LogP contribution in [0.3, 0.4) is 0 Å². The van der Waals surface area contributed by atoms with E-state index >= 15 is 0 Å². The molecule has 0 saturated carbocycles. The van der Waals surface area contributed by atoms with Gasteiger partial charge < -0.3 is 13.0 Å². The molecule has 0 atom stereocenters. The minimum Gasteiger partial charge on any atom is -0.435 e. The van der Waals surface area contributed by atoms with Gasteiger partial charge >= 0.3 is 10.0 Å². The predicted molar refractivity (Wildman–Crippen MR) is 74.6 cm³/mol. The Balaban J connectivity index is 3.70. The van der Waals surface area contributed by atoms with E-state index in [4.69, 9.17) is 13.0 Å². The van der Waals surface area contributed by atoms with Gasteiger partial charge in [0.15, 0.2) is 16.6 Å². The van der Waals surface area contributed by atoms with Gasteiger partial charge in [-0.1, -0.05) is 0 Å². The smallest absolute Gasteiger partial charge is 0.410 e. The van der Waals surface area contributed by atoms with Gasteiger partial charge in [0.25, 0.3) is 0 Å². The van der Waals surface area contributed by atoms with E-state index in [2.05, 4.69) is 46.6 Å². The molecule has 0 rings (SSSR count). The van der Waals surface area contributed by atoms with Crippen LogP contribution in [0.5, 0.6) is 0 Å². The van der Waals surface area contributed by atoms with E-state index in [1.54, 1.807) is 0 Å². The zero-order valence-corrected chi connectivity index (χ0v) is 14.7. The first-order valence-electron chi connectivity index (χ1n) is 5.85. The third-order valence-electron chi connectivity index (χ3n) is 1.82. The third-order valence-corrected chi connectivity index (χ3v) is 8.56. The van der Waals surface area contributed by atoms with E-state index in [0.29, 0.717) is 6.10 Å². The number of hydrogen-bond acceptors (Lipinski definition) is 3. The molecule has 0 aromatic rings. The second-order valence-corrected chi connectivity index (χ2v) is 15.9. The average molecular weight is 279 g/mol. The largest absolute Gasteiger partial charge is 0.435 e. The van der Waals surface area contributed by atoms with Gasteiger partial charge in [-0.2, -0.15) is 0 Å². The van der Waals surface area contributed by atoms with Crippen LogP contribution in [0.1, 0.15) is 13.8 Å². The molecule has 0 N–H and O–H groups in total. The zero-order valence-electron chi connectivity index (χ0n) is 11.7. The summed E-state index contributed by atoms with van der Waals surface area (Å²) in [7, 11) is -2.80. The highest BCUT2D eigenvalue weighted by Gasteiger charge is 2.24. The van der Waals surface area contributed by atoms with Crippen molar-refractivity contribution in [3.05, 3.63) is 0 Å². The molecule has 0 aliphatic carbocycles. The Morgan fingerprint density at radius 3 is 2.00 bits per heavy atom. The lowest BCUT2D eigenvalue weighted by atomic mass is 10.5. The van der Waals surface area contributed by atoms with E-state index in [1.807, 2.05) is 0 Å². The maximum absolute atomic E-state index is 5.89. The molecule has 0 heterocycles. The number of rotatable bonds is 8. The second-order valence-electron chi connectivity index (χ2n) is 5.83. The van der Waals surface area contributed by atoms with Crippen LogP contribution in [0.2, 0.25) is 38.8 Å². The third kappa shape index (κ3) is 11.0. The number of hydrogen-bond donors (Lipinski definition) is 0. The monoisotopic (exact) mass is 278 g/mol. The maximum Gasteiger partial charge on any atom is 0.410 e. The standard InChI is InChI=1S/C10H26O3Si3/c1-10(2)11-8-9-16(6,7)13-14-12-15(3,4)5/h10H,8-9H2,1-7H3. The lowest BCUT2D eigenvalue weighted by Gasteiger charge is -2.25. The number of ether oxygens (including phenoxy) is 1. The summed E-state index contributed by atoms with van der Waals surface area (Å²) in [5.74, 6) is 0. The van der Waals surface area contributed by atoms with Crippen LogP contribution in [0.4, 0.5) is 0 Å². The van der Waals surface area contributed by atoms with Crippen molar-refractivity contribution in [2.45, 2.75) is 58.7 Å². The van der Waals surface area contributed by atoms with Gasteiger partial charge in [-0.05, 0) is 52.6 Å². The van der Waals surface area contributed by atoms with Gasteiger partial charge in [-0.3, -0.25) is 0 Å². The molecule has 0 aromatic carbocycles. The van der Waals surface area contributed by atoms with Crippen molar-refractivity contribution in [1.29, 1.82) is 0 Å². The second kappa shape index (κ2) is 7.07. The summed E-state index contributed by atoms with van der Waals surface area (Å²) in [5, 5.41) is 0. The Morgan fingerprint density at radius 1 is 1.00 bits per heavy atom. The molecule has 0 aromatic heterocycles. The van der Waals surface area contributed by atoms with Gasteiger partial charge in [0.1, 0.15) is 0 Å². The topological polar surface area (TPSA) is 27.7 Å². The Hall–Kier alpha value is 0.531. The minimum atomic E-state index is -1.59. The van der Waals surface area contributed by atoms with Gasteiger partial charge in [-0.25, -0.2) is 0 Å². The van der Waals surface area contributed by atoms with E-state index in [-0.39, 0.29) is 10.0 Å². The van der Waals surface area contributed by atoms with Gasteiger partial charge in [0, 0.05) is 6.61 Å². The maximum atomic E-state index is 5.89. The van der Waals surface area contributed by atoms with Crippen molar-refractivity contribution in [2.75, 3.05) is 6.61 Å². The average Bonchev–Trinajstić information content (AvgIpc) is 1.99. The van der Waals surface area contributed by atoms with E-state index in [9.17, 15) is 0 Å². The van der Waals surface area contributed by atoms with Crippen molar-refractivity contribution in [2.24, 2.45) is 0 Å². The summed E-state index contributed by atoms with van der Waals surface area (Å²) in [6.07, 6.45) is 0.311. The SMILES string of the molecule is CC(C)OCC[Si](C)(C)O[Si]O[Si](C)(C)C. The van der Waals surface area contributed by atoms with Crippen LogP contribution in [0.15, 0.2) is 0 Å². The Kier molecular flexibility index (Phi) is 7.31. The molecule has 0 unspecified atom stereocenters. The lowest BCUT2D eigenvalue weighted by molar-refractivity contribution is 0.0881.